The normalized spacial score (nSPS) is 13.1. The fourth-order valence-corrected chi connectivity index (χ4v) is 4.76. The van der Waals surface area contributed by atoms with E-state index < -0.39 is 15.9 Å². The molecule has 1 aromatic heterocycles. The van der Waals surface area contributed by atoms with Gasteiger partial charge in [-0.15, -0.1) is 0 Å². The van der Waals surface area contributed by atoms with Crippen molar-refractivity contribution in [3.8, 4) is 0 Å². The highest BCUT2D eigenvalue weighted by atomic mass is 35.5. The van der Waals surface area contributed by atoms with E-state index in [1.165, 1.54) is 18.2 Å². The molecule has 27 heavy (non-hydrogen) atoms. The molecule has 0 fully saturated rings. The molecule has 0 saturated heterocycles. The Kier molecular flexibility index (Phi) is 7.41. The Labute approximate surface area is 169 Å². The first-order chi connectivity index (χ1) is 12.6. The van der Waals surface area contributed by atoms with Crippen LogP contribution in [0, 0.1) is 0 Å². The average Bonchev–Trinajstić information content (AvgIpc) is 3.07. The third kappa shape index (κ3) is 5.76. The summed E-state index contributed by atoms with van der Waals surface area (Å²) in [4.78, 5) is 14.7. The van der Waals surface area contributed by atoms with Crippen LogP contribution < -0.4 is 10.0 Å². The molecular formula is C18H24ClN3O3S2. The third-order valence-electron chi connectivity index (χ3n) is 3.89. The van der Waals surface area contributed by atoms with Gasteiger partial charge in [0.25, 0.3) is 5.91 Å². The van der Waals surface area contributed by atoms with Crippen LogP contribution in [-0.2, 0) is 10.0 Å². The summed E-state index contributed by atoms with van der Waals surface area (Å²) in [6.45, 7) is 3.83. The van der Waals surface area contributed by atoms with Gasteiger partial charge in [-0.05, 0) is 68.5 Å². The Bertz CT molecular complexity index is 881. The SMILES string of the molecule is CC(C)NS(=O)(=O)c1ccc(Cl)c(C(=O)NCC(c2ccsc2)N(C)C)c1. The molecule has 1 heterocycles. The monoisotopic (exact) mass is 429 g/mol. The second-order valence-electron chi connectivity index (χ2n) is 6.66. The second-order valence-corrected chi connectivity index (χ2v) is 9.56. The zero-order chi connectivity index (χ0) is 20.2. The van der Waals surface area contributed by atoms with Gasteiger partial charge >= 0.3 is 0 Å². The Balaban J connectivity index is 2.19. The summed E-state index contributed by atoms with van der Waals surface area (Å²) in [5.41, 5.74) is 1.24. The quantitative estimate of drug-likeness (QED) is 0.675. The maximum absolute atomic E-state index is 12.6. The minimum Gasteiger partial charge on any atom is -0.350 e. The molecule has 2 N–H and O–H groups in total. The van der Waals surface area contributed by atoms with Crippen LogP contribution in [0.3, 0.4) is 0 Å². The van der Waals surface area contributed by atoms with Crippen molar-refractivity contribution < 1.29 is 13.2 Å². The molecule has 0 aliphatic carbocycles. The maximum atomic E-state index is 12.6. The van der Waals surface area contributed by atoms with Gasteiger partial charge in [-0.1, -0.05) is 11.6 Å². The topological polar surface area (TPSA) is 78.5 Å². The summed E-state index contributed by atoms with van der Waals surface area (Å²) >= 11 is 7.73. The molecule has 1 aromatic carbocycles. The molecule has 0 aliphatic rings. The highest BCUT2D eigenvalue weighted by Crippen LogP contribution is 2.23. The van der Waals surface area contributed by atoms with Gasteiger partial charge in [-0.25, -0.2) is 13.1 Å². The largest absolute Gasteiger partial charge is 0.350 e. The number of carbonyl (C=O) groups is 1. The van der Waals surface area contributed by atoms with Gasteiger partial charge in [0.2, 0.25) is 10.0 Å². The van der Waals surface area contributed by atoms with Crippen LogP contribution in [0.15, 0.2) is 39.9 Å². The van der Waals surface area contributed by atoms with Gasteiger partial charge in [-0.2, -0.15) is 11.3 Å². The number of halogens is 1. The molecule has 6 nitrogen and oxygen atoms in total. The number of likely N-dealkylation sites (N-methyl/N-ethyl adjacent to an activating group) is 1. The minimum atomic E-state index is -3.71. The van der Waals surface area contributed by atoms with Crippen LogP contribution in [0.4, 0.5) is 0 Å². The van der Waals surface area contributed by atoms with Crippen molar-refractivity contribution in [2.45, 2.75) is 30.8 Å². The third-order valence-corrected chi connectivity index (χ3v) is 6.58. The number of thiophene rings is 1. The van der Waals surface area contributed by atoms with Crippen LogP contribution in [0.2, 0.25) is 5.02 Å². The summed E-state index contributed by atoms with van der Waals surface area (Å²) in [7, 11) is 0.166. The smallest absolute Gasteiger partial charge is 0.252 e. The lowest BCUT2D eigenvalue weighted by molar-refractivity contribution is 0.0942. The van der Waals surface area contributed by atoms with Crippen LogP contribution in [0.5, 0.6) is 0 Å². The van der Waals surface area contributed by atoms with Gasteiger partial charge < -0.3 is 10.2 Å². The van der Waals surface area contributed by atoms with E-state index >= 15 is 0 Å². The molecule has 0 bridgehead atoms. The minimum absolute atomic E-state index is 0.00717. The number of hydrogen-bond donors (Lipinski definition) is 2. The lowest BCUT2D eigenvalue weighted by Gasteiger charge is -2.24. The first kappa shape index (κ1) is 21.8. The number of amides is 1. The van der Waals surface area contributed by atoms with Crippen molar-refractivity contribution in [2.75, 3.05) is 20.6 Å². The summed E-state index contributed by atoms with van der Waals surface area (Å²) in [5, 5.41) is 7.08. The van der Waals surface area contributed by atoms with E-state index in [9.17, 15) is 13.2 Å². The fraction of sp³-hybridized carbons (Fsp3) is 0.389. The van der Waals surface area contributed by atoms with Crippen molar-refractivity contribution in [2.24, 2.45) is 0 Å². The first-order valence-corrected chi connectivity index (χ1v) is 11.2. The molecule has 148 valence electrons. The molecule has 2 aromatic rings. The lowest BCUT2D eigenvalue weighted by Crippen LogP contribution is -2.34. The number of rotatable bonds is 8. The molecule has 9 heteroatoms. The Hall–Kier alpha value is -1.45. The maximum Gasteiger partial charge on any atom is 0.252 e. The van der Waals surface area contributed by atoms with Crippen molar-refractivity contribution in [1.29, 1.82) is 0 Å². The summed E-state index contributed by atoms with van der Waals surface area (Å²) in [6, 6.07) is 5.88. The molecule has 1 atom stereocenters. The number of benzene rings is 1. The summed E-state index contributed by atoms with van der Waals surface area (Å²) < 4.78 is 27.2. The zero-order valence-electron chi connectivity index (χ0n) is 15.7. The van der Waals surface area contributed by atoms with E-state index in [4.69, 9.17) is 11.6 Å². The number of nitrogens with one attached hydrogen (secondary N) is 2. The number of sulfonamides is 1. The number of hydrogen-bond acceptors (Lipinski definition) is 5. The molecule has 2 rings (SSSR count). The average molecular weight is 430 g/mol. The predicted molar refractivity (Wildman–Crippen MR) is 110 cm³/mol. The van der Waals surface area contributed by atoms with Gasteiger partial charge in [0.1, 0.15) is 0 Å². The Morgan fingerprint density at radius 1 is 1.26 bits per heavy atom. The van der Waals surface area contributed by atoms with Crippen molar-refractivity contribution in [3.05, 3.63) is 51.2 Å². The van der Waals surface area contributed by atoms with E-state index in [-0.39, 0.29) is 27.6 Å². The molecule has 0 saturated carbocycles. The second kappa shape index (κ2) is 9.16. The van der Waals surface area contributed by atoms with E-state index in [0.29, 0.717) is 6.54 Å². The molecule has 1 unspecified atom stereocenters. The van der Waals surface area contributed by atoms with Gasteiger partial charge in [0, 0.05) is 12.6 Å². The van der Waals surface area contributed by atoms with Crippen molar-refractivity contribution in [1.82, 2.24) is 14.9 Å². The van der Waals surface area contributed by atoms with Crippen molar-refractivity contribution in [3.63, 3.8) is 0 Å². The Morgan fingerprint density at radius 3 is 2.52 bits per heavy atom. The van der Waals surface area contributed by atoms with Crippen molar-refractivity contribution >= 4 is 38.9 Å². The van der Waals surface area contributed by atoms with E-state index in [2.05, 4.69) is 10.0 Å². The van der Waals surface area contributed by atoms with Crippen LogP contribution in [0.1, 0.15) is 35.8 Å². The Morgan fingerprint density at radius 2 is 1.96 bits per heavy atom. The fourth-order valence-electron chi connectivity index (χ4n) is 2.57. The van der Waals surface area contributed by atoms with Crippen LogP contribution in [-0.4, -0.2) is 45.9 Å². The lowest BCUT2D eigenvalue weighted by atomic mass is 10.1. The predicted octanol–water partition coefficient (Wildman–Crippen LogP) is 3.12. The van der Waals surface area contributed by atoms with Gasteiger partial charge in [0.15, 0.2) is 0 Å². The van der Waals surface area contributed by atoms with E-state index in [0.717, 1.165) is 5.56 Å². The molecule has 0 spiro atoms. The molecule has 0 aliphatic heterocycles. The molecule has 1 amide bonds. The van der Waals surface area contributed by atoms with Gasteiger partial charge in [0.05, 0.1) is 21.5 Å². The van der Waals surface area contributed by atoms with E-state index in [1.54, 1.807) is 25.2 Å². The summed E-state index contributed by atoms with van der Waals surface area (Å²) in [5.74, 6) is -0.413. The van der Waals surface area contributed by atoms with Crippen LogP contribution in [0.25, 0.3) is 0 Å². The highest BCUT2D eigenvalue weighted by Gasteiger charge is 2.21. The van der Waals surface area contributed by atoms with Gasteiger partial charge in [-0.3, -0.25) is 4.79 Å². The molecule has 0 radical (unpaired) electrons. The first-order valence-electron chi connectivity index (χ1n) is 8.40. The molecular weight excluding hydrogens is 406 g/mol. The van der Waals surface area contributed by atoms with E-state index in [1.807, 2.05) is 35.8 Å². The zero-order valence-corrected chi connectivity index (χ0v) is 18.1. The number of carbonyl (C=O) groups excluding carboxylic acids is 1. The highest BCUT2D eigenvalue weighted by molar-refractivity contribution is 7.89. The standard InChI is InChI=1S/C18H24ClN3O3S2/c1-12(2)21-27(24,25)14-5-6-16(19)15(9-14)18(23)20-10-17(22(3)4)13-7-8-26-11-13/h5-9,11-12,17,21H,10H2,1-4H3,(H,20,23). The van der Waals surface area contributed by atoms with Crippen LogP contribution >= 0.6 is 22.9 Å². The number of nitrogens with zero attached hydrogens (tertiary/aromatic N) is 1. The summed E-state index contributed by atoms with van der Waals surface area (Å²) in [6.07, 6.45) is 0.